The maximum atomic E-state index is 13.8. The number of carbonyl (C=O) groups excluding carboxylic acids is 2. The average molecular weight is 421 g/mol. The van der Waals surface area contributed by atoms with E-state index in [9.17, 15) is 27.9 Å². The lowest BCUT2D eigenvalue weighted by Crippen LogP contribution is -2.72. The van der Waals surface area contributed by atoms with Crippen LogP contribution < -0.4 is 10.6 Å². The molecule has 0 aliphatic carbocycles. The summed E-state index contributed by atoms with van der Waals surface area (Å²) in [4.78, 5) is 29.2. The fourth-order valence-corrected chi connectivity index (χ4v) is 4.18. The zero-order valence-electron chi connectivity index (χ0n) is 14.6. The summed E-state index contributed by atoms with van der Waals surface area (Å²) in [6.45, 7) is 0. The molecule has 1 fully saturated rings. The summed E-state index contributed by atoms with van der Waals surface area (Å²) in [5, 5.41) is 16.6. The van der Waals surface area contributed by atoms with Crippen LogP contribution in [-0.2, 0) is 0 Å². The first-order valence-electron chi connectivity index (χ1n) is 8.51. The number of urea groups is 1. The fraction of sp³-hybridized carbons (Fsp3) is 0.211. The highest BCUT2D eigenvalue weighted by atomic mass is 32.1. The van der Waals surface area contributed by atoms with Crippen molar-refractivity contribution in [3.63, 3.8) is 0 Å². The summed E-state index contributed by atoms with van der Waals surface area (Å²) >= 11 is 0.958. The molecule has 2 aromatic heterocycles. The van der Waals surface area contributed by atoms with Gasteiger partial charge in [0.15, 0.2) is 5.78 Å². The Kier molecular flexibility index (Phi) is 4.55. The van der Waals surface area contributed by atoms with Gasteiger partial charge in [0, 0.05) is 11.6 Å². The third-order valence-corrected chi connectivity index (χ3v) is 5.72. The minimum absolute atomic E-state index is 0.0445. The van der Waals surface area contributed by atoms with E-state index in [2.05, 4.69) is 10.3 Å². The standard InChI is InChI=1S/C19H14F3N3O3S/c20-19(21,22)18(28)14(16(26)13-4-2-8-29-13)15(24-17(27)25-18)11-5-6-12-10(9-11)3-1-7-23-12/h1-9,14-15,28H,(H2,24,25,27)/t14-,15-,18+/m1/s1. The number of aliphatic hydroxyl groups is 1. The molecule has 2 amide bonds. The van der Waals surface area contributed by atoms with Gasteiger partial charge in [-0.25, -0.2) is 4.79 Å². The van der Waals surface area contributed by atoms with Crippen LogP contribution in [0.1, 0.15) is 21.3 Å². The summed E-state index contributed by atoms with van der Waals surface area (Å²) in [6, 6.07) is 8.25. The molecule has 1 saturated heterocycles. The molecule has 4 rings (SSSR count). The van der Waals surface area contributed by atoms with Crippen molar-refractivity contribution in [3.05, 3.63) is 64.5 Å². The number of alkyl halides is 3. The Labute approximate surface area is 166 Å². The van der Waals surface area contributed by atoms with E-state index in [0.717, 1.165) is 11.3 Å². The lowest BCUT2D eigenvalue weighted by atomic mass is 9.78. The quantitative estimate of drug-likeness (QED) is 0.566. The van der Waals surface area contributed by atoms with E-state index in [-0.39, 0.29) is 10.4 Å². The Morgan fingerprint density at radius 3 is 2.69 bits per heavy atom. The van der Waals surface area contributed by atoms with Crippen molar-refractivity contribution in [1.29, 1.82) is 0 Å². The van der Waals surface area contributed by atoms with Crippen LogP contribution in [0.4, 0.5) is 18.0 Å². The number of halogens is 3. The normalized spacial score (nSPS) is 24.8. The molecule has 0 spiro atoms. The second-order valence-electron chi connectivity index (χ2n) is 6.62. The highest BCUT2D eigenvalue weighted by Crippen LogP contribution is 2.44. The third kappa shape index (κ3) is 3.23. The number of hydrogen-bond donors (Lipinski definition) is 3. The zero-order valence-corrected chi connectivity index (χ0v) is 15.4. The summed E-state index contributed by atoms with van der Waals surface area (Å²) in [5.74, 6) is -2.96. The highest BCUT2D eigenvalue weighted by Gasteiger charge is 2.66. The van der Waals surface area contributed by atoms with Gasteiger partial charge in [0.05, 0.1) is 16.4 Å². The van der Waals surface area contributed by atoms with Gasteiger partial charge < -0.3 is 15.7 Å². The SMILES string of the molecule is O=C1N[C@H](c2ccc3ncccc3c2)[C@H](C(=O)c2cccs2)[C@](O)(C(F)(F)F)N1. The molecule has 0 bridgehead atoms. The largest absolute Gasteiger partial charge is 0.437 e. The number of fused-ring (bicyclic) bond motifs is 1. The first-order chi connectivity index (χ1) is 13.7. The smallest absolute Gasteiger partial charge is 0.363 e. The van der Waals surface area contributed by atoms with Gasteiger partial charge in [-0.1, -0.05) is 18.2 Å². The maximum Gasteiger partial charge on any atom is 0.437 e. The molecule has 150 valence electrons. The monoisotopic (exact) mass is 421 g/mol. The van der Waals surface area contributed by atoms with Crippen molar-refractivity contribution in [3.8, 4) is 0 Å². The van der Waals surface area contributed by atoms with Crippen LogP contribution in [0.2, 0.25) is 0 Å². The van der Waals surface area contributed by atoms with Gasteiger partial charge in [-0.3, -0.25) is 9.78 Å². The number of Topliss-reactive ketones (excluding diaryl/α,β-unsaturated/α-hetero) is 1. The minimum atomic E-state index is -5.28. The van der Waals surface area contributed by atoms with Crippen LogP contribution in [0, 0.1) is 5.92 Å². The predicted octanol–water partition coefficient (Wildman–Crippen LogP) is 3.40. The molecule has 6 nitrogen and oxygen atoms in total. The number of carbonyl (C=O) groups is 2. The van der Waals surface area contributed by atoms with Gasteiger partial charge in [-0.2, -0.15) is 13.2 Å². The molecule has 3 aromatic rings. The van der Waals surface area contributed by atoms with Gasteiger partial charge in [0.2, 0.25) is 5.72 Å². The second kappa shape index (κ2) is 6.82. The van der Waals surface area contributed by atoms with Crippen LogP contribution in [0.5, 0.6) is 0 Å². The predicted molar refractivity (Wildman–Crippen MR) is 99.3 cm³/mol. The van der Waals surface area contributed by atoms with Crippen LogP contribution in [-0.4, -0.2) is 33.8 Å². The van der Waals surface area contributed by atoms with Crippen molar-refractivity contribution in [2.24, 2.45) is 5.92 Å². The van der Waals surface area contributed by atoms with E-state index in [4.69, 9.17) is 0 Å². The first kappa shape index (κ1) is 19.3. The van der Waals surface area contributed by atoms with Crippen LogP contribution in [0.25, 0.3) is 10.9 Å². The number of amides is 2. The number of ketones is 1. The van der Waals surface area contributed by atoms with Crippen molar-refractivity contribution in [2.45, 2.75) is 17.9 Å². The number of nitrogens with one attached hydrogen (secondary N) is 2. The topological polar surface area (TPSA) is 91.3 Å². The summed E-state index contributed by atoms with van der Waals surface area (Å²) in [5.41, 5.74) is -2.88. The molecule has 3 N–H and O–H groups in total. The highest BCUT2D eigenvalue weighted by molar-refractivity contribution is 7.12. The maximum absolute atomic E-state index is 13.8. The lowest BCUT2D eigenvalue weighted by molar-refractivity contribution is -0.287. The molecule has 0 radical (unpaired) electrons. The Balaban J connectivity index is 1.88. The van der Waals surface area contributed by atoms with Gasteiger partial charge in [0.25, 0.3) is 0 Å². The van der Waals surface area contributed by atoms with Crippen molar-refractivity contribution in [2.75, 3.05) is 0 Å². The lowest BCUT2D eigenvalue weighted by Gasteiger charge is -2.44. The second-order valence-corrected chi connectivity index (χ2v) is 7.56. The van der Waals surface area contributed by atoms with E-state index >= 15 is 0 Å². The number of pyridine rings is 1. The molecule has 0 unspecified atom stereocenters. The fourth-order valence-electron chi connectivity index (χ4n) is 3.48. The molecule has 3 atom stereocenters. The average Bonchev–Trinajstić information content (AvgIpc) is 3.20. The Bertz CT molecular complexity index is 1090. The number of thiophene rings is 1. The van der Waals surface area contributed by atoms with E-state index < -0.39 is 35.7 Å². The molecule has 1 aromatic carbocycles. The van der Waals surface area contributed by atoms with Gasteiger partial charge in [-0.05, 0) is 35.2 Å². The van der Waals surface area contributed by atoms with E-state index in [0.29, 0.717) is 10.9 Å². The molecule has 3 heterocycles. The van der Waals surface area contributed by atoms with Gasteiger partial charge in [-0.15, -0.1) is 11.3 Å². The molecule has 10 heteroatoms. The number of nitrogens with zero attached hydrogens (tertiary/aromatic N) is 1. The number of benzene rings is 1. The minimum Gasteiger partial charge on any atom is -0.363 e. The first-order valence-corrected chi connectivity index (χ1v) is 9.39. The molecule has 0 saturated carbocycles. The third-order valence-electron chi connectivity index (χ3n) is 4.84. The Hall–Kier alpha value is -2.98. The van der Waals surface area contributed by atoms with Crippen LogP contribution >= 0.6 is 11.3 Å². The number of rotatable bonds is 3. The Morgan fingerprint density at radius 1 is 1.21 bits per heavy atom. The molecular formula is C19H14F3N3O3S. The van der Waals surface area contributed by atoms with Crippen molar-refractivity contribution in [1.82, 2.24) is 15.6 Å². The van der Waals surface area contributed by atoms with Crippen LogP contribution in [0.15, 0.2) is 54.0 Å². The number of hydrogen-bond acceptors (Lipinski definition) is 5. The number of aromatic nitrogens is 1. The van der Waals surface area contributed by atoms with E-state index in [1.807, 2.05) is 0 Å². The zero-order chi connectivity index (χ0) is 20.8. The van der Waals surface area contributed by atoms with E-state index in [1.165, 1.54) is 23.5 Å². The van der Waals surface area contributed by atoms with Crippen LogP contribution in [0.3, 0.4) is 0 Å². The van der Waals surface area contributed by atoms with Gasteiger partial charge in [0.1, 0.15) is 5.92 Å². The van der Waals surface area contributed by atoms with Gasteiger partial charge >= 0.3 is 12.2 Å². The molecular weight excluding hydrogens is 407 g/mol. The summed E-state index contributed by atoms with van der Waals surface area (Å²) in [6.07, 6.45) is -3.71. The molecule has 1 aliphatic heterocycles. The molecule has 1 aliphatic rings. The van der Waals surface area contributed by atoms with E-state index in [1.54, 1.807) is 35.8 Å². The summed E-state index contributed by atoms with van der Waals surface area (Å²) in [7, 11) is 0. The van der Waals surface area contributed by atoms with Crippen molar-refractivity contribution >= 4 is 34.1 Å². The van der Waals surface area contributed by atoms with Crippen molar-refractivity contribution < 1.29 is 27.9 Å². The Morgan fingerprint density at radius 2 is 2.00 bits per heavy atom. The summed E-state index contributed by atoms with van der Waals surface area (Å²) < 4.78 is 41.5. The molecule has 29 heavy (non-hydrogen) atoms.